The third-order valence-electron chi connectivity index (χ3n) is 2.90. The fourth-order valence-corrected chi connectivity index (χ4v) is 1.92. The number of hydrogen-bond acceptors (Lipinski definition) is 5. The first-order valence-electron chi connectivity index (χ1n) is 6.73. The summed E-state index contributed by atoms with van der Waals surface area (Å²) in [5, 5.41) is 17.4. The van der Waals surface area contributed by atoms with Crippen LogP contribution in [0, 0.1) is 0 Å². The standard InChI is InChI=1S/C14H21N3O3/c1-3-13-14(8-17(2)16-13)15-7-11(18)9-19-10-12-5-4-6-20-12/h4-6,8,11,15,18H,3,7,9-10H2,1-2H3. The lowest BCUT2D eigenvalue weighted by atomic mass is 10.3. The molecule has 2 heterocycles. The molecule has 0 aliphatic carbocycles. The van der Waals surface area contributed by atoms with Crippen LogP contribution in [-0.2, 0) is 24.8 Å². The van der Waals surface area contributed by atoms with E-state index < -0.39 is 6.10 Å². The van der Waals surface area contributed by atoms with Gasteiger partial charge >= 0.3 is 0 Å². The SMILES string of the molecule is CCc1nn(C)cc1NCC(O)COCc1ccco1. The van der Waals surface area contributed by atoms with E-state index in [9.17, 15) is 5.11 Å². The Morgan fingerprint density at radius 3 is 3.10 bits per heavy atom. The number of anilines is 1. The van der Waals surface area contributed by atoms with Gasteiger partial charge in [0, 0.05) is 19.8 Å². The quantitative estimate of drug-likeness (QED) is 0.767. The molecule has 0 amide bonds. The van der Waals surface area contributed by atoms with E-state index in [0.717, 1.165) is 23.6 Å². The minimum Gasteiger partial charge on any atom is -0.467 e. The van der Waals surface area contributed by atoms with E-state index >= 15 is 0 Å². The summed E-state index contributed by atoms with van der Waals surface area (Å²) in [6.45, 7) is 3.11. The van der Waals surface area contributed by atoms with Crippen LogP contribution in [-0.4, -0.2) is 34.1 Å². The molecule has 20 heavy (non-hydrogen) atoms. The minimum atomic E-state index is -0.574. The highest BCUT2D eigenvalue weighted by atomic mass is 16.5. The predicted octanol–water partition coefficient (Wildman–Crippen LogP) is 1.57. The van der Waals surface area contributed by atoms with Crippen molar-refractivity contribution in [1.82, 2.24) is 9.78 Å². The van der Waals surface area contributed by atoms with Crippen molar-refractivity contribution in [2.24, 2.45) is 7.05 Å². The van der Waals surface area contributed by atoms with Crippen molar-refractivity contribution in [3.8, 4) is 0 Å². The molecule has 0 aliphatic heterocycles. The molecule has 1 unspecified atom stereocenters. The number of furan rings is 1. The summed E-state index contributed by atoms with van der Waals surface area (Å²) in [5.41, 5.74) is 1.95. The van der Waals surface area contributed by atoms with E-state index in [2.05, 4.69) is 17.3 Å². The molecule has 0 radical (unpaired) electrons. The highest BCUT2D eigenvalue weighted by Crippen LogP contribution is 2.13. The molecule has 110 valence electrons. The number of rotatable bonds is 8. The van der Waals surface area contributed by atoms with Crippen LogP contribution in [0.15, 0.2) is 29.0 Å². The van der Waals surface area contributed by atoms with Crippen molar-refractivity contribution < 1.29 is 14.3 Å². The van der Waals surface area contributed by atoms with Crippen molar-refractivity contribution in [3.05, 3.63) is 36.0 Å². The van der Waals surface area contributed by atoms with E-state index in [0.29, 0.717) is 13.2 Å². The highest BCUT2D eigenvalue weighted by Gasteiger charge is 2.09. The van der Waals surface area contributed by atoms with E-state index in [-0.39, 0.29) is 6.61 Å². The average Bonchev–Trinajstić information content (AvgIpc) is 3.05. The van der Waals surface area contributed by atoms with Gasteiger partial charge in [0.1, 0.15) is 12.4 Å². The molecule has 0 aromatic carbocycles. The summed E-state index contributed by atoms with van der Waals surface area (Å²) in [4.78, 5) is 0. The summed E-state index contributed by atoms with van der Waals surface area (Å²) in [6.07, 6.45) is 3.80. The van der Waals surface area contributed by atoms with Crippen LogP contribution < -0.4 is 5.32 Å². The Hall–Kier alpha value is -1.79. The van der Waals surface area contributed by atoms with Gasteiger partial charge in [-0.1, -0.05) is 6.92 Å². The molecule has 0 spiro atoms. The molecule has 2 aromatic heterocycles. The molecule has 2 rings (SSSR count). The third-order valence-corrected chi connectivity index (χ3v) is 2.90. The molecular formula is C14H21N3O3. The van der Waals surface area contributed by atoms with Crippen LogP contribution in [0.4, 0.5) is 5.69 Å². The number of aliphatic hydroxyl groups is 1. The first kappa shape index (κ1) is 14.6. The number of aromatic nitrogens is 2. The zero-order valence-corrected chi connectivity index (χ0v) is 11.9. The summed E-state index contributed by atoms with van der Waals surface area (Å²) in [6, 6.07) is 3.65. The normalized spacial score (nSPS) is 12.6. The Bertz CT molecular complexity index is 508. The number of ether oxygens (including phenoxy) is 1. The van der Waals surface area contributed by atoms with E-state index in [1.807, 2.05) is 25.4 Å². The molecule has 0 fully saturated rings. The Labute approximate surface area is 118 Å². The predicted molar refractivity (Wildman–Crippen MR) is 75.4 cm³/mol. The monoisotopic (exact) mass is 279 g/mol. The summed E-state index contributed by atoms with van der Waals surface area (Å²) in [5.74, 6) is 0.755. The molecule has 0 saturated carbocycles. The summed E-state index contributed by atoms with van der Waals surface area (Å²) < 4.78 is 12.3. The smallest absolute Gasteiger partial charge is 0.129 e. The second-order valence-corrected chi connectivity index (χ2v) is 4.65. The van der Waals surface area contributed by atoms with Gasteiger partial charge < -0.3 is 19.6 Å². The summed E-state index contributed by atoms with van der Waals surface area (Å²) in [7, 11) is 1.88. The van der Waals surface area contributed by atoms with Crippen LogP contribution in [0.2, 0.25) is 0 Å². The lowest BCUT2D eigenvalue weighted by Crippen LogP contribution is -2.25. The number of nitrogens with one attached hydrogen (secondary N) is 1. The molecule has 0 aliphatic rings. The van der Waals surface area contributed by atoms with Crippen molar-refractivity contribution in [1.29, 1.82) is 0 Å². The molecule has 6 nitrogen and oxygen atoms in total. The zero-order valence-electron chi connectivity index (χ0n) is 11.9. The number of aryl methyl sites for hydroxylation is 2. The highest BCUT2D eigenvalue weighted by molar-refractivity contribution is 5.46. The first-order chi connectivity index (χ1) is 9.69. The van der Waals surface area contributed by atoms with Crippen LogP contribution in [0.25, 0.3) is 0 Å². The third kappa shape index (κ3) is 4.11. The van der Waals surface area contributed by atoms with Gasteiger partial charge in [-0.3, -0.25) is 4.68 Å². The van der Waals surface area contributed by atoms with E-state index in [1.165, 1.54) is 0 Å². The molecular weight excluding hydrogens is 258 g/mol. The first-order valence-corrected chi connectivity index (χ1v) is 6.73. The average molecular weight is 279 g/mol. The Morgan fingerprint density at radius 1 is 1.55 bits per heavy atom. The van der Waals surface area contributed by atoms with Crippen molar-refractivity contribution in [3.63, 3.8) is 0 Å². The molecule has 1 atom stereocenters. The second kappa shape index (κ2) is 7.12. The largest absolute Gasteiger partial charge is 0.467 e. The van der Waals surface area contributed by atoms with Crippen molar-refractivity contribution in [2.45, 2.75) is 26.1 Å². The van der Waals surface area contributed by atoms with Crippen LogP contribution in [0.5, 0.6) is 0 Å². The topological polar surface area (TPSA) is 72.5 Å². The molecule has 2 N–H and O–H groups in total. The fourth-order valence-electron chi connectivity index (χ4n) is 1.92. The van der Waals surface area contributed by atoms with Gasteiger partial charge in [-0.05, 0) is 18.6 Å². The molecule has 0 bridgehead atoms. The van der Waals surface area contributed by atoms with Crippen LogP contribution in [0.3, 0.4) is 0 Å². The number of hydrogen-bond donors (Lipinski definition) is 2. The molecule has 2 aromatic rings. The number of aliphatic hydroxyl groups excluding tert-OH is 1. The fraction of sp³-hybridized carbons (Fsp3) is 0.500. The van der Waals surface area contributed by atoms with Gasteiger partial charge in [0.25, 0.3) is 0 Å². The Kier molecular flexibility index (Phi) is 5.20. The van der Waals surface area contributed by atoms with Gasteiger partial charge in [0.05, 0.1) is 30.4 Å². The molecule has 0 saturated heterocycles. The maximum Gasteiger partial charge on any atom is 0.129 e. The Morgan fingerprint density at radius 2 is 2.40 bits per heavy atom. The van der Waals surface area contributed by atoms with Gasteiger partial charge in [-0.2, -0.15) is 5.10 Å². The van der Waals surface area contributed by atoms with Gasteiger partial charge in [-0.15, -0.1) is 0 Å². The number of nitrogens with zero attached hydrogens (tertiary/aromatic N) is 2. The second-order valence-electron chi connectivity index (χ2n) is 4.65. The van der Waals surface area contributed by atoms with Crippen molar-refractivity contribution >= 4 is 5.69 Å². The Balaban J connectivity index is 1.70. The maximum absolute atomic E-state index is 9.86. The lowest BCUT2D eigenvalue weighted by Gasteiger charge is -2.12. The van der Waals surface area contributed by atoms with Crippen molar-refractivity contribution in [2.75, 3.05) is 18.5 Å². The zero-order chi connectivity index (χ0) is 14.4. The minimum absolute atomic E-state index is 0.259. The van der Waals surface area contributed by atoms with Gasteiger partial charge in [0.15, 0.2) is 0 Å². The van der Waals surface area contributed by atoms with Gasteiger partial charge in [-0.25, -0.2) is 0 Å². The maximum atomic E-state index is 9.86. The lowest BCUT2D eigenvalue weighted by molar-refractivity contribution is 0.0282. The summed E-state index contributed by atoms with van der Waals surface area (Å²) >= 11 is 0. The van der Waals surface area contributed by atoms with E-state index in [1.54, 1.807) is 10.9 Å². The van der Waals surface area contributed by atoms with E-state index in [4.69, 9.17) is 9.15 Å². The molecule has 6 heteroatoms. The van der Waals surface area contributed by atoms with Crippen LogP contribution >= 0.6 is 0 Å². The van der Waals surface area contributed by atoms with Gasteiger partial charge in [0.2, 0.25) is 0 Å². The van der Waals surface area contributed by atoms with Crippen LogP contribution in [0.1, 0.15) is 18.4 Å².